The number of hydrogen-bond donors (Lipinski definition) is 0. The van der Waals surface area contributed by atoms with E-state index in [0.717, 1.165) is 11.4 Å². The van der Waals surface area contributed by atoms with Crippen LogP contribution >= 0.6 is 11.3 Å². The van der Waals surface area contributed by atoms with Crippen LogP contribution in [0.3, 0.4) is 0 Å². The van der Waals surface area contributed by atoms with Gasteiger partial charge in [0.25, 0.3) is 5.91 Å². The molecular weight excluding hydrogens is 284 g/mol. The fourth-order valence-electron chi connectivity index (χ4n) is 2.51. The number of benzene rings is 1. The van der Waals surface area contributed by atoms with Crippen LogP contribution in [0, 0.1) is 5.92 Å². The molecule has 1 saturated carbocycles. The number of nitrogens with zero attached hydrogens (tertiary/aromatic N) is 2. The molecule has 5 heteroatoms. The zero-order valence-electron chi connectivity index (χ0n) is 12.2. The number of carbonyl (C=O) groups is 1. The van der Waals surface area contributed by atoms with E-state index in [1.54, 1.807) is 18.0 Å². The first kappa shape index (κ1) is 14.1. The zero-order chi connectivity index (χ0) is 14.8. The van der Waals surface area contributed by atoms with Gasteiger partial charge in [0.2, 0.25) is 0 Å². The van der Waals surface area contributed by atoms with Crippen LogP contribution in [0.25, 0.3) is 0 Å². The number of hydrogen-bond acceptors (Lipinski definition) is 4. The van der Waals surface area contributed by atoms with Crippen molar-refractivity contribution in [2.75, 3.05) is 12.0 Å². The van der Waals surface area contributed by atoms with E-state index in [1.165, 1.54) is 24.2 Å². The molecule has 1 atom stereocenters. The van der Waals surface area contributed by atoms with Crippen molar-refractivity contribution in [2.45, 2.75) is 25.8 Å². The summed E-state index contributed by atoms with van der Waals surface area (Å²) in [6.07, 6.45) is 2.39. The number of rotatable bonds is 5. The molecule has 0 radical (unpaired) electrons. The maximum atomic E-state index is 12.8. The molecule has 4 nitrogen and oxygen atoms in total. The maximum Gasteiger partial charge on any atom is 0.277 e. The van der Waals surface area contributed by atoms with E-state index in [0.29, 0.717) is 11.6 Å². The highest BCUT2D eigenvalue weighted by Crippen LogP contribution is 2.37. The summed E-state index contributed by atoms with van der Waals surface area (Å²) in [7, 11) is 1.64. The second kappa shape index (κ2) is 5.85. The maximum absolute atomic E-state index is 12.8. The van der Waals surface area contributed by atoms with Crippen LogP contribution in [0.4, 0.5) is 5.69 Å². The molecule has 0 saturated heterocycles. The number of thiazole rings is 1. The highest BCUT2D eigenvalue weighted by Gasteiger charge is 2.35. The summed E-state index contributed by atoms with van der Waals surface area (Å²) in [6, 6.07) is 7.82. The molecule has 110 valence electrons. The predicted octanol–water partition coefficient (Wildman–Crippen LogP) is 3.60. The lowest BCUT2D eigenvalue weighted by molar-refractivity contribution is 0.0971. The Morgan fingerprint density at radius 2 is 2.10 bits per heavy atom. The van der Waals surface area contributed by atoms with Gasteiger partial charge in [-0.2, -0.15) is 0 Å². The van der Waals surface area contributed by atoms with E-state index < -0.39 is 0 Å². The van der Waals surface area contributed by atoms with E-state index in [9.17, 15) is 4.79 Å². The summed E-state index contributed by atoms with van der Waals surface area (Å²) < 4.78 is 5.19. The number of ether oxygens (including phenoxy) is 1. The highest BCUT2D eigenvalue weighted by molar-refractivity contribution is 7.07. The molecule has 0 aliphatic heterocycles. The average Bonchev–Trinajstić information content (AvgIpc) is 3.22. The van der Waals surface area contributed by atoms with Gasteiger partial charge in [0.05, 0.1) is 12.6 Å². The minimum atomic E-state index is -0.0270. The largest absolute Gasteiger partial charge is 0.497 e. The van der Waals surface area contributed by atoms with Crippen LogP contribution in [0.1, 0.15) is 30.3 Å². The Hall–Kier alpha value is -1.88. The van der Waals surface area contributed by atoms with Gasteiger partial charge in [-0.05, 0) is 49.9 Å². The van der Waals surface area contributed by atoms with Crippen molar-refractivity contribution in [3.63, 3.8) is 0 Å². The fourth-order valence-corrected chi connectivity index (χ4v) is 3.04. The molecule has 1 aliphatic carbocycles. The lowest BCUT2D eigenvalue weighted by Gasteiger charge is -2.29. The van der Waals surface area contributed by atoms with Crippen LogP contribution in [-0.4, -0.2) is 24.0 Å². The van der Waals surface area contributed by atoms with E-state index in [2.05, 4.69) is 11.9 Å². The number of carbonyl (C=O) groups excluding carboxylic acids is 1. The third kappa shape index (κ3) is 2.93. The Labute approximate surface area is 128 Å². The van der Waals surface area contributed by atoms with Crippen molar-refractivity contribution in [3.8, 4) is 5.75 Å². The van der Waals surface area contributed by atoms with Crippen molar-refractivity contribution >= 4 is 22.9 Å². The van der Waals surface area contributed by atoms with Crippen molar-refractivity contribution in [3.05, 3.63) is 40.8 Å². The van der Waals surface area contributed by atoms with Gasteiger partial charge in [0.1, 0.15) is 11.4 Å². The minimum Gasteiger partial charge on any atom is -0.497 e. The smallest absolute Gasteiger partial charge is 0.277 e. The van der Waals surface area contributed by atoms with Crippen LogP contribution in [0.5, 0.6) is 5.75 Å². The van der Waals surface area contributed by atoms with Crippen molar-refractivity contribution in [1.82, 2.24) is 4.98 Å². The molecule has 3 rings (SSSR count). The van der Waals surface area contributed by atoms with Gasteiger partial charge in [0.15, 0.2) is 0 Å². The third-order valence-corrected chi connectivity index (χ3v) is 4.52. The van der Waals surface area contributed by atoms with E-state index in [4.69, 9.17) is 4.74 Å². The van der Waals surface area contributed by atoms with Gasteiger partial charge in [-0.1, -0.05) is 0 Å². The van der Waals surface area contributed by atoms with E-state index in [1.807, 2.05) is 29.2 Å². The normalized spacial score (nSPS) is 15.5. The molecule has 21 heavy (non-hydrogen) atoms. The molecule has 0 N–H and O–H groups in total. The zero-order valence-corrected chi connectivity index (χ0v) is 13.0. The second-order valence-electron chi connectivity index (χ2n) is 5.32. The monoisotopic (exact) mass is 302 g/mol. The first-order chi connectivity index (χ1) is 10.2. The molecule has 1 heterocycles. The number of aromatic nitrogens is 1. The molecule has 1 aromatic carbocycles. The Morgan fingerprint density at radius 3 is 2.62 bits per heavy atom. The van der Waals surface area contributed by atoms with Gasteiger partial charge < -0.3 is 9.64 Å². The summed E-state index contributed by atoms with van der Waals surface area (Å²) in [5.41, 5.74) is 3.11. The second-order valence-corrected chi connectivity index (χ2v) is 6.04. The molecule has 1 fully saturated rings. The van der Waals surface area contributed by atoms with Crippen molar-refractivity contribution < 1.29 is 9.53 Å². The Morgan fingerprint density at radius 1 is 1.38 bits per heavy atom. The quantitative estimate of drug-likeness (QED) is 0.847. The molecular formula is C16H18N2O2S. The third-order valence-electron chi connectivity index (χ3n) is 3.93. The first-order valence-corrected chi connectivity index (χ1v) is 8.01. The van der Waals surface area contributed by atoms with Gasteiger partial charge in [0, 0.05) is 17.1 Å². The highest BCUT2D eigenvalue weighted by atomic mass is 32.1. The molecule has 0 unspecified atom stereocenters. The Balaban J connectivity index is 1.92. The van der Waals surface area contributed by atoms with Crippen LogP contribution in [0.15, 0.2) is 35.2 Å². The van der Waals surface area contributed by atoms with E-state index in [-0.39, 0.29) is 11.9 Å². The summed E-state index contributed by atoms with van der Waals surface area (Å²) in [5, 5.41) is 1.80. The molecule has 2 aromatic rings. The SMILES string of the molecule is COc1ccc(N(C(=O)c2cscn2)[C@H](C)C2CC2)cc1. The number of anilines is 1. The molecule has 1 aliphatic rings. The molecule has 1 amide bonds. The minimum absolute atomic E-state index is 0.0270. The van der Waals surface area contributed by atoms with E-state index >= 15 is 0 Å². The summed E-state index contributed by atoms with van der Waals surface area (Å²) in [5.74, 6) is 1.36. The predicted molar refractivity (Wildman–Crippen MR) is 84.1 cm³/mol. The lowest BCUT2D eigenvalue weighted by Crippen LogP contribution is -2.40. The summed E-state index contributed by atoms with van der Waals surface area (Å²) in [4.78, 5) is 18.8. The lowest BCUT2D eigenvalue weighted by atomic mass is 10.1. The standard InChI is InChI=1S/C16H18N2O2S/c1-11(12-3-4-12)18(16(19)15-9-21-10-17-15)13-5-7-14(20-2)8-6-13/h5-12H,3-4H2,1-2H3/t11-/m1/s1. The van der Waals surface area contributed by atoms with Crippen molar-refractivity contribution in [1.29, 1.82) is 0 Å². The Kier molecular flexibility index (Phi) is 3.92. The number of amides is 1. The Bertz CT molecular complexity index is 606. The van der Waals surface area contributed by atoms with Gasteiger partial charge in [-0.25, -0.2) is 4.98 Å². The molecule has 0 spiro atoms. The van der Waals surface area contributed by atoms with Crippen LogP contribution < -0.4 is 9.64 Å². The summed E-state index contributed by atoms with van der Waals surface area (Å²) in [6.45, 7) is 2.12. The van der Waals surface area contributed by atoms with Crippen LogP contribution in [0.2, 0.25) is 0 Å². The number of methoxy groups -OCH3 is 1. The molecule has 0 bridgehead atoms. The fraction of sp³-hybridized carbons (Fsp3) is 0.375. The first-order valence-electron chi connectivity index (χ1n) is 7.06. The van der Waals surface area contributed by atoms with Gasteiger partial charge in [-0.3, -0.25) is 4.79 Å². The average molecular weight is 302 g/mol. The van der Waals surface area contributed by atoms with Crippen LogP contribution in [-0.2, 0) is 0 Å². The topological polar surface area (TPSA) is 42.4 Å². The van der Waals surface area contributed by atoms with Crippen molar-refractivity contribution in [2.24, 2.45) is 5.92 Å². The van der Waals surface area contributed by atoms with Gasteiger partial charge in [-0.15, -0.1) is 11.3 Å². The molecule has 1 aromatic heterocycles. The summed E-state index contributed by atoms with van der Waals surface area (Å²) >= 11 is 1.44. The van der Waals surface area contributed by atoms with Gasteiger partial charge >= 0.3 is 0 Å².